The molecule has 5 nitrogen and oxygen atoms in total. The summed E-state index contributed by atoms with van der Waals surface area (Å²) < 4.78 is 2.18. The first kappa shape index (κ1) is 20.9. The summed E-state index contributed by atoms with van der Waals surface area (Å²) in [6.45, 7) is 7.13. The summed E-state index contributed by atoms with van der Waals surface area (Å²) in [5.41, 5.74) is 4.54. The van der Waals surface area contributed by atoms with E-state index in [0.29, 0.717) is 0 Å². The fraction of sp³-hybridized carbons (Fsp3) is 0.308. The number of pyridine rings is 1. The van der Waals surface area contributed by atoms with E-state index in [1.165, 1.54) is 16.9 Å². The van der Waals surface area contributed by atoms with Crippen LogP contribution in [0.2, 0.25) is 0 Å². The summed E-state index contributed by atoms with van der Waals surface area (Å²) in [5.74, 6) is 0.0111. The summed E-state index contributed by atoms with van der Waals surface area (Å²) in [5, 5.41) is 4.36. The van der Waals surface area contributed by atoms with Crippen molar-refractivity contribution in [3.05, 3.63) is 82.6 Å². The lowest BCUT2D eigenvalue weighted by molar-refractivity contribution is 0.0913. The predicted octanol–water partition coefficient (Wildman–Crippen LogP) is 5.10. The molecule has 1 saturated heterocycles. The van der Waals surface area contributed by atoms with Gasteiger partial charge in [0.05, 0.1) is 5.69 Å². The number of rotatable bonds is 5. The average Bonchev–Trinajstić information content (AvgIpc) is 3.35. The second-order valence-corrected chi connectivity index (χ2v) is 9.60. The van der Waals surface area contributed by atoms with Gasteiger partial charge in [-0.15, -0.1) is 11.3 Å². The normalized spacial score (nSPS) is 15.3. The molecule has 32 heavy (non-hydrogen) atoms. The van der Waals surface area contributed by atoms with E-state index in [1.54, 1.807) is 6.20 Å². The Morgan fingerprint density at radius 2 is 1.75 bits per heavy atom. The van der Waals surface area contributed by atoms with E-state index in [-0.39, 0.29) is 11.9 Å². The molecule has 6 heteroatoms. The van der Waals surface area contributed by atoms with Crippen LogP contribution < -0.4 is 5.32 Å². The van der Waals surface area contributed by atoms with Crippen molar-refractivity contribution in [2.24, 2.45) is 0 Å². The van der Waals surface area contributed by atoms with Crippen molar-refractivity contribution in [2.45, 2.75) is 39.3 Å². The number of nitrogens with zero attached hydrogens (tertiary/aromatic N) is 3. The topological polar surface area (TPSA) is 50.2 Å². The molecular formula is C26H28N4OS. The first-order valence-electron chi connectivity index (χ1n) is 11.2. The Labute approximate surface area is 192 Å². The van der Waals surface area contributed by atoms with Crippen molar-refractivity contribution in [1.82, 2.24) is 19.8 Å². The van der Waals surface area contributed by atoms with E-state index in [1.807, 2.05) is 6.07 Å². The van der Waals surface area contributed by atoms with E-state index >= 15 is 0 Å². The number of hydrogen-bond donors (Lipinski definition) is 1. The highest BCUT2D eigenvalue weighted by Crippen LogP contribution is 2.35. The molecule has 4 aromatic rings. The molecule has 5 rings (SSSR count). The standard InChI is InChI=1S/C26H28N4OS/c1-18-10-11-19(2)30(18)23-22-9-6-14-27-26(22)32-24(23)25(31)28-21-12-15-29(16-13-21)17-20-7-4-3-5-8-20/h3-11,14,21H,12-13,15-17H2,1-2H3,(H,28,31). The Kier molecular flexibility index (Phi) is 5.81. The third-order valence-electron chi connectivity index (χ3n) is 6.31. The number of carbonyl (C=O) groups is 1. The number of aryl methyl sites for hydroxylation is 2. The molecule has 1 N–H and O–H groups in total. The van der Waals surface area contributed by atoms with Crippen LogP contribution in [0.3, 0.4) is 0 Å². The number of nitrogens with one attached hydrogen (secondary N) is 1. The van der Waals surface area contributed by atoms with Crippen molar-refractivity contribution in [3.63, 3.8) is 0 Å². The maximum atomic E-state index is 13.4. The zero-order valence-corrected chi connectivity index (χ0v) is 19.4. The third-order valence-corrected chi connectivity index (χ3v) is 7.41. The van der Waals surface area contributed by atoms with Gasteiger partial charge in [0.1, 0.15) is 9.71 Å². The van der Waals surface area contributed by atoms with Crippen molar-refractivity contribution < 1.29 is 4.79 Å². The lowest BCUT2D eigenvalue weighted by Gasteiger charge is -2.32. The zero-order chi connectivity index (χ0) is 22.1. The van der Waals surface area contributed by atoms with Gasteiger partial charge >= 0.3 is 0 Å². The Bertz CT molecular complexity index is 1220. The minimum Gasteiger partial charge on any atom is -0.348 e. The van der Waals surface area contributed by atoms with Gasteiger partial charge in [0.25, 0.3) is 5.91 Å². The van der Waals surface area contributed by atoms with Gasteiger partial charge in [-0.25, -0.2) is 4.98 Å². The highest BCUT2D eigenvalue weighted by atomic mass is 32.1. The van der Waals surface area contributed by atoms with Crippen LogP contribution in [0.1, 0.15) is 39.5 Å². The molecule has 4 heterocycles. The maximum absolute atomic E-state index is 13.4. The number of benzene rings is 1. The van der Waals surface area contributed by atoms with E-state index in [0.717, 1.165) is 64.6 Å². The monoisotopic (exact) mass is 444 g/mol. The lowest BCUT2D eigenvalue weighted by atomic mass is 10.0. The van der Waals surface area contributed by atoms with Crippen LogP contribution in [-0.2, 0) is 6.54 Å². The first-order chi connectivity index (χ1) is 15.6. The smallest absolute Gasteiger partial charge is 0.263 e. The van der Waals surface area contributed by atoms with Gasteiger partial charge in [0.2, 0.25) is 0 Å². The van der Waals surface area contributed by atoms with Crippen LogP contribution in [0.15, 0.2) is 60.8 Å². The van der Waals surface area contributed by atoms with Crippen molar-refractivity contribution >= 4 is 27.5 Å². The predicted molar refractivity (Wildman–Crippen MR) is 131 cm³/mol. The summed E-state index contributed by atoms with van der Waals surface area (Å²) >= 11 is 1.48. The molecule has 3 aromatic heterocycles. The van der Waals surface area contributed by atoms with Gasteiger partial charge in [0.15, 0.2) is 0 Å². The Morgan fingerprint density at radius 3 is 2.47 bits per heavy atom. The van der Waals surface area contributed by atoms with Crippen LogP contribution in [0.25, 0.3) is 15.9 Å². The Balaban J connectivity index is 1.33. The summed E-state index contributed by atoms with van der Waals surface area (Å²) in [4.78, 5) is 22.1. The van der Waals surface area contributed by atoms with E-state index < -0.39 is 0 Å². The number of piperidine rings is 1. The SMILES string of the molecule is Cc1ccc(C)n1-c1c(C(=O)NC2CCN(Cc3ccccc3)CC2)sc2ncccc12. The molecule has 0 bridgehead atoms. The van der Waals surface area contributed by atoms with E-state index in [9.17, 15) is 4.79 Å². The molecule has 0 spiro atoms. The molecule has 1 amide bonds. The molecule has 1 aromatic carbocycles. The second kappa shape index (κ2) is 8.88. The van der Waals surface area contributed by atoms with Crippen LogP contribution in [0.4, 0.5) is 0 Å². The van der Waals surface area contributed by atoms with E-state index in [4.69, 9.17) is 0 Å². The fourth-order valence-corrected chi connectivity index (χ4v) is 5.68. The van der Waals surface area contributed by atoms with Crippen LogP contribution in [0, 0.1) is 13.8 Å². The highest BCUT2D eigenvalue weighted by Gasteiger charge is 2.26. The van der Waals surface area contributed by atoms with Gasteiger partial charge in [-0.2, -0.15) is 0 Å². The molecular weight excluding hydrogens is 416 g/mol. The zero-order valence-electron chi connectivity index (χ0n) is 18.5. The largest absolute Gasteiger partial charge is 0.348 e. The minimum atomic E-state index is 0.0111. The third kappa shape index (κ3) is 4.08. The molecule has 0 saturated carbocycles. The molecule has 0 atom stereocenters. The highest BCUT2D eigenvalue weighted by molar-refractivity contribution is 7.21. The van der Waals surface area contributed by atoms with Gasteiger partial charge in [-0.05, 0) is 56.5 Å². The number of aromatic nitrogens is 2. The summed E-state index contributed by atoms with van der Waals surface area (Å²) in [6, 6.07) is 19.0. The summed E-state index contributed by atoms with van der Waals surface area (Å²) in [7, 11) is 0. The second-order valence-electron chi connectivity index (χ2n) is 8.60. The molecule has 164 valence electrons. The van der Waals surface area contributed by atoms with Crippen molar-refractivity contribution in [1.29, 1.82) is 0 Å². The van der Waals surface area contributed by atoms with Gasteiger partial charge in [0, 0.05) is 48.6 Å². The van der Waals surface area contributed by atoms with Gasteiger partial charge in [-0.1, -0.05) is 30.3 Å². The van der Waals surface area contributed by atoms with E-state index in [2.05, 4.69) is 82.1 Å². The molecule has 0 radical (unpaired) electrons. The number of carbonyl (C=O) groups excluding carboxylic acids is 1. The van der Waals surface area contributed by atoms with Crippen molar-refractivity contribution in [2.75, 3.05) is 13.1 Å². The maximum Gasteiger partial charge on any atom is 0.263 e. The average molecular weight is 445 g/mol. The summed E-state index contributed by atoms with van der Waals surface area (Å²) in [6.07, 6.45) is 3.74. The number of thiophene rings is 1. The number of hydrogen-bond acceptors (Lipinski definition) is 4. The Morgan fingerprint density at radius 1 is 1.03 bits per heavy atom. The molecule has 1 fully saturated rings. The van der Waals surface area contributed by atoms with Crippen LogP contribution in [-0.4, -0.2) is 39.5 Å². The fourth-order valence-electron chi connectivity index (χ4n) is 4.64. The lowest BCUT2D eigenvalue weighted by Crippen LogP contribution is -2.44. The minimum absolute atomic E-state index is 0.0111. The number of amides is 1. The Hall–Kier alpha value is -2.96. The molecule has 0 unspecified atom stereocenters. The van der Waals surface area contributed by atoms with Crippen LogP contribution in [0.5, 0.6) is 0 Å². The molecule has 0 aliphatic carbocycles. The van der Waals surface area contributed by atoms with Crippen LogP contribution >= 0.6 is 11.3 Å². The molecule has 1 aliphatic rings. The molecule has 1 aliphatic heterocycles. The number of likely N-dealkylation sites (tertiary alicyclic amines) is 1. The van der Waals surface area contributed by atoms with Crippen molar-refractivity contribution in [3.8, 4) is 5.69 Å². The van der Waals surface area contributed by atoms with Gasteiger partial charge in [-0.3, -0.25) is 9.69 Å². The van der Waals surface area contributed by atoms with Gasteiger partial charge < -0.3 is 9.88 Å². The number of fused-ring (bicyclic) bond motifs is 1. The quantitative estimate of drug-likeness (QED) is 0.466. The first-order valence-corrected chi connectivity index (χ1v) is 12.0.